The lowest BCUT2D eigenvalue weighted by atomic mass is 10.4. The van der Waals surface area contributed by atoms with Crippen molar-refractivity contribution in [2.24, 2.45) is 5.73 Å². The van der Waals surface area contributed by atoms with E-state index in [0.29, 0.717) is 13.1 Å². The molecule has 0 saturated carbocycles. The molecule has 3 N–H and O–H groups in total. The number of hydrogen-bond acceptors (Lipinski definition) is 3. The second kappa shape index (κ2) is 5.20. The average Bonchev–Trinajstić information content (AvgIpc) is 1.89. The summed E-state index contributed by atoms with van der Waals surface area (Å²) in [5, 5.41) is 8.38. The second-order valence-electron chi connectivity index (χ2n) is 2.08. The number of aliphatic hydroxyl groups is 1. The molecule has 0 radical (unpaired) electrons. The first-order chi connectivity index (χ1) is 4.72. The number of aliphatic hydroxyl groups excluding tert-OH is 1. The first-order valence-electron chi connectivity index (χ1n) is 3.27. The van der Waals surface area contributed by atoms with Gasteiger partial charge in [0.1, 0.15) is 0 Å². The average molecular weight is 146 g/mol. The van der Waals surface area contributed by atoms with E-state index in [9.17, 15) is 4.79 Å². The van der Waals surface area contributed by atoms with Crippen molar-refractivity contribution in [1.29, 1.82) is 0 Å². The van der Waals surface area contributed by atoms with Crippen LogP contribution in [0.1, 0.15) is 6.42 Å². The van der Waals surface area contributed by atoms with E-state index in [4.69, 9.17) is 10.8 Å². The van der Waals surface area contributed by atoms with Crippen LogP contribution >= 0.6 is 0 Å². The van der Waals surface area contributed by atoms with E-state index in [1.54, 1.807) is 7.05 Å². The summed E-state index contributed by atoms with van der Waals surface area (Å²) in [5.74, 6) is -0.0621. The summed E-state index contributed by atoms with van der Waals surface area (Å²) in [5.41, 5.74) is 5.21. The third kappa shape index (κ3) is 3.42. The summed E-state index contributed by atoms with van der Waals surface area (Å²) >= 11 is 0. The van der Waals surface area contributed by atoms with Gasteiger partial charge in [0.15, 0.2) is 0 Å². The first-order valence-corrected chi connectivity index (χ1v) is 3.27. The Kier molecular flexibility index (Phi) is 4.88. The van der Waals surface area contributed by atoms with E-state index in [0.717, 1.165) is 0 Å². The summed E-state index contributed by atoms with van der Waals surface area (Å²) in [7, 11) is 1.67. The third-order valence-electron chi connectivity index (χ3n) is 1.22. The van der Waals surface area contributed by atoms with Crippen LogP contribution in [0, 0.1) is 0 Å². The van der Waals surface area contributed by atoms with Crippen molar-refractivity contribution < 1.29 is 9.90 Å². The Labute approximate surface area is 60.6 Å². The minimum absolute atomic E-state index is 0.0621. The van der Waals surface area contributed by atoms with Gasteiger partial charge in [0, 0.05) is 26.6 Å². The van der Waals surface area contributed by atoms with Gasteiger partial charge in [0.25, 0.3) is 0 Å². The van der Waals surface area contributed by atoms with E-state index in [1.165, 1.54) is 4.90 Å². The number of carbonyl (C=O) groups excluding carboxylic acids is 1. The SMILES string of the molecule is CN(CCN)C(=O)CCO. The Morgan fingerprint density at radius 3 is 2.70 bits per heavy atom. The van der Waals surface area contributed by atoms with E-state index < -0.39 is 0 Å². The number of carbonyl (C=O) groups is 1. The number of nitrogens with zero attached hydrogens (tertiary/aromatic N) is 1. The van der Waals surface area contributed by atoms with Gasteiger partial charge in [-0.1, -0.05) is 0 Å². The fourth-order valence-corrected chi connectivity index (χ4v) is 0.605. The predicted molar refractivity (Wildman–Crippen MR) is 38.4 cm³/mol. The maximum Gasteiger partial charge on any atom is 0.224 e. The van der Waals surface area contributed by atoms with Crippen molar-refractivity contribution in [3.63, 3.8) is 0 Å². The summed E-state index contributed by atoms with van der Waals surface area (Å²) in [6, 6.07) is 0. The van der Waals surface area contributed by atoms with Crippen molar-refractivity contribution >= 4 is 5.91 Å². The molecule has 10 heavy (non-hydrogen) atoms. The number of rotatable bonds is 4. The van der Waals surface area contributed by atoms with Crippen molar-refractivity contribution in [3.05, 3.63) is 0 Å². The number of hydrogen-bond donors (Lipinski definition) is 2. The second-order valence-corrected chi connectivity index (χ2v) is 2.08. The molecule has 0 heterocycles. The molecule has 4 heteroatoms. The van der Waals surface area contributed by atoms with Gasteiger partial charge >= 0.3 is 0 Å². The van der Waals surface area contributed by atoms with E-state index in [-0.39, 0.29) is 18.9 Å². The maximum absolute atomic E-state index is 10.8. The molecule has 0 aromatic heterocycles. The number of likely N-dealkylation sites (N-methyl/N-ethyl adjacent to an activating group) is 1. The standard InChI is InChI=1S/C6H14N2O2/c1-8(4-3-7)6(10)2-5-9/h9H,2-5,7H2,1H3. The lowest BCUT2D eigenvalue weighted by Gasteiger charge is -2.14. The number of amides is 1. The van der Waals surface area contributed by atoms with Crippen LogP contribution in [0.2, 0.25) is 0 Å². The van der Waals surface area contributed by atoms with Crippen molar-refractivity contribution in [1.82, 2.24) is 4.90 Å². The van der Waals surface area contributed by atoms with Gasteiger partial charge in [-0.2, -0.15) is 0 Å². The van der Waals surface area contributed by atoms with Gasteiger partial charge < -0.3 is 15.7 Å². The Bertz CT molecular complexity index is 106. The summed E-state index contributed by atoms with van der Waals surface area (Å²) < 4.78 is 0. The lowest BCUT2D eigenvalue weighted by Crippen LogP contribution is -2.31. The van der Waals surface area contributed by atoms with E-state index in [1.807, 2.05) is 0 Å². The molecule has 0 fully saturated rings. The van der Waals surface area contributed by atoms with Crippen molar-refractivity contribution in [2.75, 3.05) is 26.7 Å². The fraction of sp³-hybridized carbons (Fsp3) is 0.833. The Hall–Kier alpha value is -0.610. The van der Waals surface area contributed by atoms with Crippen LogP contribution in [0.25, 0.3) is 0 Å². The highest BCUT2D eigenvalue weighted by Gasteiger charge is 2.04. The number of nitrogens with two attached hydrogens (primary N) is 1. The molecule has 0 rings (SSSR count). The molecule has 0 unspecified atom stereocenters. The molecule has 0 atom stereocenters. The molecule has 0 saturated heterocycles. The maximum atomic E-state index is 10.8. The van der Waals surface area contributed by atoms with Crippen LogP contribution in [0.5, 0.6) is 0 Å². The van der Waals surface area contributed by atoms with Crippen LogP contribution in [0.15, 0.2) is 0 Å². The zero-order chi connectivity index (χ0) is 7.98. The van der Waals surface area contributed by atoms with Gasteiger partial charge in [0.2, 0.25) is 5.91 Å². The van der Waals surface area contributed by atoms with E-state index >= 15 is 0 Å². The Balaban J connectivity index is 3.49. The monoisotopic (exact) mass is 146 g/mol. The normalized spacial score (nSPS) is 9.50. The molecular formula is C6H14N2O2. The van der Waals surface area contributed by atoms with Crippen LogP contribution in [0.3, 0.4) is 0 Å². The minimum Gasteiger partial charge on any atom is -0.396 e. The smallest absolute Gasteiger partial charge is 0.224 e. The molecule has 0 aromatic rings. The lowest BCUT2D eigenvalue weighted by molar-refractivity contribution is -0.130. The predicted octanol–water partition coefficient (Wildman–Crippen LogP) is -1.21. The molecule has 1 amide bonds. The summed E-state index contributed by atoms with van der Waals surface area (Å²) in [6.45, 7) is 0.931. The zero-order valence-corrected chi connectivity index (χ0v) is 6.21. The first kappa shape index (κ1) is 9.39. The highest BCUT2D eigenvalue weighted by Crippen LogP contribution is 1.87. The van der Waals surface area contributed by atoms with Crippen molar-refractivity contribution in [3.8, 4) is 0 Å². The molecule has 0 aliphatic heterocycles. The van der Waals surface area contributed by atoms with E-state index in [2.05, 4.69) is 0 Å². The Morgan fingerprint density at radius 1 is 1.70 bits per heavy atom. The van der Waals surface area contributed by atoms with Crippen molar-refractivity contribution in [2.45, 2.75) is 6.42 Å². The van der Waals surface area contributed by atoms with Gasteiger partial charge in [0.05, 0.1) is 6.61 Å². The van der Waals surface area contributed by atoms with Crippen LogP contribution in [-0.2, 0) is 4.79 Å². The topological polar surface area (TPSA) is 66.6 Å². The third-order valence-corrected chi connectivity index (χ3v) is 1.22. The molecule has 60 valence electrons. The van der Waals surface area contributed by atoms with Crippen LogP contribution in [-0.4, -0.2) is 42.7 Å². The fourth-order valence-electron chi connectivity index (χ4n) is 0.605. The molecule has 0 spiro atoms. The molecular weight excluding hydrogens is 132 g/mol. The Morgan fingerprint density at radius 2 is 2.30 bits per heavy atom. The summed E-state index contributed by atoms with van der Waals surface area (Å²) in [6.07, 6.45) is 0.191. The quantitative estimate of drug-likeness (QED) is 0.522. The van der Waals surface area contributed by atoms with Gasteiger partial charge in [-0.15, -0.1) is 0 Å². The highest BCUT2D eigenvalue weighted by molar-refractivity contribution is 5.75. The highest BCUT2D eigenvalue weighted by atomic mass is 16.3. The molecule has 0 aliphatic carbocycles. The van der Waals surface area contributed by atoms with Crippen LogP contribution < -0.4 is 5.73 Å². The minimum atomic E-state index is -0.0895. The molecule has 0 aliphatic rings. The molecule has 0 bridgehead atoms. The van der Waals surface area contributed by atoms with Gasteiger partial charge in [-0.25, -0.2) is 0 Å². The largest absolute Gasteiger partial charge is 0.396 e. The summed E-state index contributed by atoms with van der Waals surface area (Å²) in [4.78, 5) is 12.4. The zero-order valence-electron chi connectivity index (χ0n) is 6.21. The molecule has 0 aromatic carbocycles. The van der Waals surface area contributed by atoms with Crippen LogP contribution in [0.4, 0.5) is 0 Å². The molecule has 4 nitrogen and oxygen atoms in total. The van der Waals surface area contributed by atoms with Gasteiger partial charge in [-0.3, -0.25) is 4.79 Å². The van der Waals surface area contributed by atoms with Gasteiger partial charge in [-0.05, 0) is 0 Å².